The first-order valence-electron chi connectivity index (χ1n) is 6.14. The third-order valence-electron chi connectivity index (χ3n) is 2.91. The van der Waals surface area contributed by atoms with Crippen LogP contribution in [0.5, 0.6) is 5.75 Å². The van der Waals surface area contributed by atoms with Crippen LogP contribution < -0.4 is 10.1 Å². The van der Waals surface area contributed by atoms with E-state index < -0.39 is 0 Å². The molecule has 4 heteroatoms. The van der Waals surface area contributed by atoms with E-state index in [2.05, 4.69) is 38.3 Å². The van der Waals surface area contributed by atoms with Crippen molar-refractivity contribution in [2.24, 2.45) is 0 Å². The fraction of sp³-hybridized carbons (Fsp3) is 0.538. The molecule has 1 N–H and O–H groups in total. The van der Waals surface area contributed by atoms with Crippen LogP contribution in [0.15, 0.2) is 22.7 Å². The summed E-state index contributed by atoms with van der Waals surface area (Å²) in [4.78, 5) is 2.47. The predicted octanol–water partition coefficient (Wildman–Crippen LogP) is 2.25. The van der Waals surface area contributed by atoms with E-state index >= 15 is 0 Å². The van der Waals surface area contributed by atoms with Gasteiger partial charge in [0.05, 0.1) is 11.1 Å². The average molecular weight is 299 g/mol. The van der Waals surface area contributed by atoms with Gasteiger partial charge in [-0.2, -0.15) is 0 Å². The molecule has 0 spiro atoms. The van der Waals surface area contributed by atoms with E-state index in [0.29, 0.717) is 6.61 Å². The molecule has 0 aromatic heterocycles. The minimum atomic E-state index is 0.704. The van der Waals surface area contributed by atoms with E-state index in [1.165, 1.54) is 5.56 Å². The molecular weight excluding hydrogens is 280 g/mol. The summed E-state index contributed by atoms with van der Waals surface area (Å²) in [7, 11) is 0. The van der Waals surface area contributed by atoms with Gasteiger partial charge in [-0.3, -0.25) is 4.90 Å². The van der Waals surface area contributed by atoms with E-state index in [-0.39, 0.29) is 0 Å². The number of hydrogen-bond donors (Lipinski definition) is 1. The van der Waals surface area contributed by atoms with Gasteiger partial charge in [0.2, 0.25) is 0 Å². The zero-order valence-corrected chi connectivity index (χ0v) is 11.8. The van der Waals surface area contributed by atoms with Crippen LogP contribution in [0.3, 0.4) is 0 Å². The van der Waals surface area contributed by atoms with Gasteiger partial charge in [-0.25, -0.2) is 0 Å². The minimum Gasteiger partial charge on any atom is -0.493 e. The number of halogens is 1. The van der Waals surface area contributed by atoms with Crippen LogP contribution in [0.2, 0.25) is 0 Å². The van der Waals surface area contributed by atoms with Crippen LogP contribution in [0.25, 0.3) is 0 Å². The van der Waals surface area contributed by atoms with Gasteiger partial charge >= 0.3 is 0 Å². The Hall–Kier alpha value is -0.580. The van der Waals surface area contributed by atoms with E-state index in [1.54, 1.807) is 0 Å². The first-order chi connectivity index (χ1) is 8.29. The highest BCUT2D eigenvalue weighted by atomic mass is 79.9. The van der Waals surface area contributed by atoms with Crippen molar-refractivity contribution in [2.75, 3.05) is 32.8 Å². The van der Waals surface area contributed by atoms with Gasteiger partial charge in [0, 0.05) is 32.7 Å². The van der Waals surface area contributed by atoms with Crippen molar-refractivity contribution in [3.63, 3.8) is 0 Å². The molecule has 1 aliphatic rings. The largest absolute Gasteiger partial charge is 0.493 e. The zero-order valence-electron chi connectivity index (χ0n) is 10.2. The van der Waals surface area contributed by atoms with Gasteiger partial charge in [0.1, 0.15) is 5.75 Å². The van der Waals surface area contributed by atoms with E-state index in [0.717, 1.165) is 42.9 Å². The summed E-state index contributed by atoms with van der Waals surface area (Å²) in [6, 6.07) is 6.36. The lowest BCUT2D eigenvalue weighted by Gasteiger charge is -2.27. The quantitative estimate of drug-likeness (QED) is 0.923. The summed E-state index contributed by atoms with van der Waals surface area (Å²) in [6.07, 6.45) is 0. The summed E-state index contributed by atoms with van der Waals surface area (Å²) >= 11 is 3.56. The normalized spacial score (nSPS) is 17.1. The number of benzene rings is 1. The van der Waals surface area contributed by atoms with Gasteiger partial charge in [-0.05, 0) is 40.5 Å². The molecule has 0 amide bonds. The first-order valence-corrected chi connectivity index (χ1v) is 6.93. The summed E-state index contributed by atoms with van der Waals surface area (Å²) in [5, 5.41) is 3.37. The smallest absolute Gasteiger partial charge is 0.133 e. The molecule has 0 saturated carbocycles. The molecule has 0 aliphatic carbocycles. The number of nitrogens with zero attached hydrogens (tertiary/aromatic N) is 1. The van der Waals surface area contributed by atoms with Gasteiger partial charge in [-0.15, -0.1) is 0 Å². The molecule has 0 unspecified atom stereocenters. The highest BCUT2D eigenvalue weighted by Gasteiger charge is 2.10. The molecular formula is C13H19BrN2O. The number of piperazine rings is 1. The van der Waals surface area contributed by atoms with Crippen molar-refractivity contribution >= 4 is 15.9 Å². The van der Waals surface area contributed by atoms with Crippen LogP contribution >= 0.6 is 15.9 Å². The Bertz CT molecular complexity index is 364. The lowest BCUT2D eigenvalue weighted by molar-refractivity contribution is 0.233. The Labute approximate surface area is 111 Å². The fourth-order valence-corrected chi connectivity index (χ4v) is 2.58. The second kappa shape index (κ2) is 6.38. The number of ether oxygens (including phenoxy) is 1. The van der Waals surface area contributed by atoms with Crippen molar-refractivity contribution in [1.82, 2.24) is 10.2 Å². The van der Waals surface area contributed by atoms with Crippen molar-refractivity contribution in [1.29, 1.82) is 0 Å². The molecule has 1 saturated heterocycles. The van der Waals surface area contributed by atoms with Crippen molar-refractivity contribution in [3.05, 3.63) is 28.2 Å². The average Bonchev–Trinajstić information content (AvgIpc) is 2.34. The predicted molar refractivity (Wildman–Crippen MR) is 73.5 cm³/mol. The van der Waals surface area contributed by atoms with E-state index in [9.17, 15) is 0 Å². The van der Waals surface area contributed by atoms with Crippen LogP contribution in [-0.4, -0.2) is 37.7 Å². The Morgan fingerprint density at radius 3 is 2.76 bits per heavy atom. The lowest BCUT2D eigenvalue weighted by Crippen LogP contribution is -2.42. The zero-order chi connectivity index (χ0) is 12.1. The summed E-state index contributed by atoms with van der Waals surface area (Å²) in [6.45, 7) is 8.18. The standard InChI is InChI=1S/C13H19BrN2O/c1-2-17-13-4-3-11(9-12(13)14)10-16-7-5-15-6-8-16/h3-4,9,15H,2,5-8,10H2,1H3. The SMILES string of the molecule is CCOc1ccc(CN2CCNCC2)cc1Br. The van der Waals surface area contributed by atoms with Crippen LogP contribution in [0.1, 0.15) is 12.5 Å². The van der Waals surface area contributed by atoms with Gasteiger partial charge in [0.25, 0.3) is 0 Å². The second-order valence-electron chi connectivity index (χ2n) is 4.22. The topological polar surface area (TPSA) is 24.5 Å². The molecule has 1 heterocycles. The third-order valence-corrected chi connectivity index (χ3v) is 3.53. The molecule has 0 bridgehead atoms. The summed E-state index contributed by atoms with van der Waals surface area (Å²) in [5.41, 5.74) is 1.34. The summed E-state index contributed by atoms with van der Waals surface area (Å²) in [5.74, 6) is 0.927. The number of hydrogen-bond acceptors (Lipinski definition) is 3. The first kappa shape index (κ1) is 12.9. The molecule has 17 heavy (non-hydrogen) atoms. The molecule has 3 nitrogen and oxygen atoms in total. The second-order valence-corrected chi connectivity index (χ2v) is 5.08. The maximum absolute atomic E-state index is 5.51. The van der Waals surface area contributed by atoms with Gasteiger partial charge in [0.15, 0.2) is 0 Å². The molecule has 0 radical (unpaired) electrons. The fourth-order valence-electron chi connectivity index (χ4n) is 2.04. The Morgan fingerprint density at radius 1 is 1.35 bits per heavy atom. The van der Waals surface area contributed by atoms with Gasteiger partial charge in [-0.1, -0.05) is 6.07 Å². The van der Waals surface area contributed by atoms with Gasteiger partial charge < -0.3 is 10.1 Å². The molecule has 1 aliphatic heterocycles. The Morgan fingerprint density at radius 2 is 2.12 bits per heavy atom. The van der Waals surface area contributed by atoms with Crippen LogP contribution in [0.4, 0.5) is 0 Å². The highest BCUT2D eigenvalue weighted by molar-refractivity contribution is 9.10. The van der Waals surface area contributed by atoms with E-state index in [1.807, 2.05) is 13.0 Å². The molecule has 2 rings (SSSR count). The number of rotatable bonds is 4. The molecule has 1 fully saturated rings. The van der Waals surface area contributed by atoms with Crippen molar-refractivity contribution in [2.45, 2.75) is 13.5 Å². The lowest BCUT2D eigenvalue weighted by atomic mass is 10.2. The highest BCUT2D eigenvalue weighted by Crippen LogP contribution is 2.26. The van der Waals surface area contributed by atoms with Crippen molar-refractivity contribution in [3.8, 4) is 5.75 Å². The third kappa shape index (κ3) is 3.69. The molecule has 94 valence electrons. The minimum absolute atomic E-state index is 0.704. The molecule has 1 aromatic carbocycles. The van der Waals surface area contributed by atoms with Crippen LogP contribution in [0, 0.1) is 0 Å². The Kier molecular flexibility index (Phi) is 4.83. The molecule has 0 atom stereocenters. The maximum atomic E-state index is 5.51. The van der Waals surface area contributed by atoms with Crippen LogP contribution in [-0.2, 0) is 6.54 Å². The van der Waals surface area contributed by atoms with E-state index in [4.69, 9.17) is 4.74 Å². The number of nitrogens with one attached hydrogen (secondary N) is 1. The monoisotopic (exact) mass is 298 g/mol. The molecule has 1 aromatic rings. The maximum Gasteiger partial charge on any atom is 0.133 e. The Balaban J connectivity index is 1.98. The van der Waals surface area contributed by atoms with Crippen molar-refractivity contribution < 1.29 is 4.74 Å². The summed E-state index contributed by atoms with van der Waals surface area (Å²) < 4.78 is 6.56.